The number of likely N-dealkylation sites (tertiary alicyclic amines) is 1. The van der Waals surface area contributed by atoms with Gasteiger partial charge in [0.25, 0.3) is 0 Å². The van der Waals surface area contributed by atoms with Crippen LogP contribution < -0.4 is 5.32 Å². The second kappa shape index (κ2) is 6.49. The van der Waals surface area contributed by atoms with Gasteiger partial charge in [-0.2, -0.15) is 0 Å². The summed E-state index contributed by atoms with van der Waals surface area (Å²) in [6.07, 6.45) is 1.29. The van der Waals surface area contributed by atoms with E-state index in [1.54, 1.807) is 12.1 Å². The maximum Gasteiger partial charge on any atom is 0.123 e. The van der Waals surface area contributed by atoms with Gasteiger partial charge in [-0.15, -0.1) is 0 Å². The number of hydrogen-bond donors (Lipinski definition) is 1. The molecule has 2 nitrogen and oxygen atoms in total. The monoisotopic (exact) mass is 264 g/mol. The molecule has 0 aliphatic carbocycles. The second-order valence-corrected chi connectivity index (χ2v) is 5.95. The lowest BCUT2D eigenvalue weighted by atomic mass is 10.1. The largest absolute Gasteiger partial charge is 0.312 e. The number of halogens is 1. The molecule has 0 aromatic heterocycles. The Hall–Kier alpha value is -0.930. The van der Waals surface area contributed by atoms with Crippen LogP contribution in [0.4, 0.5) is 4.39 Å². The first-order chi connectivity index (χ1) is 9.06. The van der Waals surface area contributed by atoms with Crippen LogP contribution >= 0.6 is 0 Å². The lowest BCUT2D eigenvalue weighted by Crippen LogP contribution is -2.30. The van der Waals surface area contributed by atoms with Gasteiger partial charge in [-0.05, 0) is 69.5 Å². The van der Waals surface area contributed by atoms with E-state index in [2.05, 4.69) is 24.1 Å². The first kappa shape index (κ1) is 14.5. The van der Waals surface area contributed by atoms with Gasteiger partial charge in [0.05, 0.1) is 0 Å². The lowest BCUT2D eigenvalue weighted by molar-refractivity contribution is 0.264. The van der Waals surface area contributed by atoms with E-state index in [0.717, 1.165) is 24.6 Å². The number of rotatable bonds is 5. The van der Waals surface area contributed by atoms with Gasteiger partial charge >= 0.3 is 0 Å². The molecular formula is C16H25FN2. The highest BCUT2D eigenvalue weighted by molar-refractivity contribution is 5.26. The third-order valence-electron chi connectivity index (χ3n) is 4.10. The molecule has 1 aliphatic rings. The van der Waals surface area contributed by atoms with Crippen LogP contribution in [0, 0.1) is 18.7 Å². The average molecular weight is 264 g/mol. The molecule has 3 heteroatoms. The Balaban J connectivity index is 1.75. The number of aryl methyl sites for hydroxylation is 1. The van der Waals surface area contributed by atoms with Crippen LogP contribution in [0.3, 0.4) is 0 Å². The minimum atomic E-state index is -0.149. The summed E-state index contributed by atoms with van der Waals surface area (Å²) in [5, 5.41) is 3.51. The van der Waals surface area contributed by atoms with Crippen LogP contribution in [0.5, 0.6) is 0 Å². The maximum atomic E-state index is 13.0. The summed E-state index contributed by atoms with van der Waals surface area (Å²) in [6, 6.07) is 5.68. The molecule has 19 heavy (non-hydrogen) atoms. The minimum absolute atomic E-state index is 0.149. The van der Waals surface area contributed by atoms with Crippen molar-refractivity contribution < 1.29 is 4.39 Å². The Labute approximate surface area is 116 Å². The number of hydrogen-bond acceptors (Lipinski definition) is 2. The van der Waals surface area contributed by atoms with Gasteiger partial charge < -0.3 is 10.2 Å². The van der Waals surface area contributed by atoms with E-state index in [9.17, 15) is 4.39 Å². The highest BCUT2D eigenvalue weighted by Crippen LogP contribution is 2.18. The van der Waals surface area contributed by atoms with E-state index in [-0.39, 0.29) is 5.82 Å². The Kier molecular flexibility index (Phi) is 4.94. The minimum Gasteiger partial charge on any atom is -0.312 e. The van der Waals surface area contributed by atoms with E-state index in [0.29, 0.717) is 6.04 Å². The van der Waals surface area contributed by atoms with Crippen molar-refractivity contribution in [1.29, 1.82) is 0 Å². The molecule has 1 aliphatic heterocycles. The molecule has 1 unspecified atom stereocenters. The molecule has 2 rings (SSSR count). The van der Waals surface area contributed by atoms with Gasteiger partial charge in [0.2, 0.25) is 0 Å². The Morgan fingerprint density at radius 1 is 1.42 bits per heavy atom. The quantitative estimate of drug-likeness (QED) is 0.879. The van der Waals surface area contributed by atoms with Crippen LogP contribution in [0.25, 0.3) is 0 Å². The number of nitrogens with one attached hydrogen (secondary N) is 1. The summed E-state index contributed by atoms with van der Waals surface area (Å²) in [4.78, 5) is 2.54. The summed E-state index contributed by atoms with van der Waals surface area (Å²) >= 11 is 0. The topological polar surface area (TPSA) is 15.3 Å². The zero-order chi connectivity index (χ0) is 13.8. The highest BCUT2D eigenvalue weighted by Gasteiger charge is 2.23. The SMILES string of the molecule is Cc1cc(F)ccc1CNCC1CCN(C(C)C)C1. The molecular weight excluding hydrogens is 239 g/mol. The van der Waals surface area contributed by atoms with Crippen molar-refractivity contribution in [3.63, 3.8) is 0 Å². The Morgan fingerprint density at radius 2 is 2.21 bits per heavy atom. The van der Waals surface area contributed by atoms with Crippen molar-refractivity contribution in [3.05, 3.63) is 35.1 Å². The molecule has 0 amide bonds. The summed E-state index contributed by atoms with van der Waals surface area (Å²) in [6.45, 7) is 10.8. The Bertz CT molecular complexity index is 417. The van der Waals surface area contributed by atoms with Crippen LogP contribution in [0.2, 0.25) is 0 Å². The van der Waals surface area contributed by atoms with Gasteiger partial charge in [0.15, 0.2) is 0 Å². The summed E-state index contributed by atoms with van der Waals surface area (Å²) in [5.41, 5.74) is 2.22. The van der Waals surface area contributed by atoms with Crippen molar-refractivity contribution in [2.45, 2.75) is 39.8 Å². The van der Waals surface area contributed by atoms with Crippen LogP contribution in [0.1, 0.15) is 31.4 Å². The first-order valence-corrected chi connectivity index (χ1v) is 7.26. The van der Waals surface area contributed by atoms with Gasteiger partial charge in [0.1, 0.15) is 5.82 Å². The maximum absolute atomic E-state index is 13.0. The molecule has 1 saturated heterocycles. The van der Waals surface area contributed by atoms with Gasteiger partial charge in [-0.25, -0.2) is 4.39 Å². The van der Waals surface area contributed by atoms with Crippen LogP contribution in [0.15, 0.2) is 18.2 Å². The molecule has 0 spiro atoms. The molecule has 0 radical (unpaired) electrons. The number of benzene rings is 1. The van der Waals surface area contributed by atoms with Gasteiger partial charge in [-0.3, -0.25) is 0 Å². The molecule has 1 aromatic rings. The molecule has 0 saturated carbocycles. The molecule has 1 aromatic carbocycles. The second-order valence-electron chi connectivity index (χ2n) is 5.95. The van der Waals surface area contributed by atoms with Crippen molar-refractivity contribution in [3.8, 4) is 0 Å². The predicted octanol–water partition coefficient (Wildman–Crippen LogP) is 2.95. The van der Waals surface area contributed by atoms with Crippen molar-refractivity contribution >= 4 is 0 Å². The van der Waals surface area contributed by atoms with E-state index in [1.165, 1.54) is 25.1 Å². The predicted molar refractivity (Wildman–Crippen MR) is 77.7 cm³/mol. The molecule has 1 fully saturated rings. The fourth-order valence-electron chi connectivity index (χ4n) is 2.77. The fourth-order valence-corrected chi connectivity index (χ4v) is 2.77. The normalized spacial score (nSPS) is 20.4. The third kappa shape index (κ3) is 4.02. The van der Waals surface area contributed by atoms with E-state index in [4.69, 9.17) is 0 Å². The van der Waals surface area contributed by atoms with E-state index in [1.807, 2.05) is 13.0 Å². The van der Waals surface area contributed by atoms with Gasteiger partial charge in [-0.1, -0.05) is 6.07 Å². The molecule has 106 valence electrons. The lowest BCUT2D eigenvalue weighted by Gasteiger charge is -2.20. The smallest absolute Gasteiger partial charge is 0.123 e. The van der Waals surface area contributed by atoms with Gasteiger partial charge in [0, 0.05) is 19.1 Å². The fraction of sp³-hybridized carbons (Fsp3) is 0.625. The first-order valence-electron chi connectivity index (χ1n) is 7.26. The average Bonchev–Trinajstić information content (AvgIpc) is 2.81. The standard InChI is InChI=1S/C16H25FN2/c1-12(2)19-7-6-14(11-19)9-18-10-15-4-5-16(17)8-13(15)3/h4-5,8,12,14,18H,6-7,9-11H2,1-3H3. The van der Waals surface area contributed by atoms with Crippen LogP contribution in [-0.4, -0.2) is 30.6 Å². The van der Waals surface area contributed by atoms with Crippen molar-refractivity contribution in [2.75, 3.05) is 19.6 Å². The summed E-state index contributed by atoms with van der Waals surface area (Å²) < 4.78 is 13.0. The third-order valence-corrected chi connectivity index (χ3v) is 4.10. The molecule has 1 heterocycles. The van der Waals surface area contributed by atoms with Crippen LogP contribution in [-0.2, 0) is 6.54 Å². The zero-order valence-corrected chi connectivity index (χ0v) is 12.2. The van der Waals surface area contributed by atoms with E-state index >= 15 is 0 Å². The van der Waals surface area contributed by atoms with Crippen molar-refractivity contribution in [2.24, 2.45) is 5.92 Å². The number of nitrogens with zero attached hydrogens (tertiary/aromatic N) is 1. The highest BCUT2D eigenvalue weighted by atomic mass is 19.1. The molecule has 1 atom stereocenters. The summed E-state index contributed by atoms with van der Waals surface area (Å²) in [7, 11) is 0. The zero-order valence-electron chi connectivity index (χ0n) is 12.2. The Morgan fingerprint density at radius 3 is 2.84 bits per heavy atom. The molecule has 1 N–H and O–H groups in total. The van der Waals surface area contributed by atoms with Crippen molar-refractivity contribution in [1.82, 2.24) is 10.2 Å². The van der Waals surface area contributed by atoms with E-state index < -0.39 is 0 Å². The molecule has 0 bridgehead atoms. The summed E-state index contributed by atoms with van der Waals surface area (Å²) in [5.74, 6) is 0.604.